The summed E-state index contributed by atoms with van der Waals surface area (Å²) in [5.74, 6) is 0.474. The number of alkyl carbamates (subject to hydrolysis) is 1. The standard InChI is InChI=1S/C19H31N3O4/c1-7-26-19(24)21-17(13(2)3)18(23)20-12-16(22(4)5)14-9-8-10-15(11-14)25-6/h8-11,13,16-17H,7,12H2,1-6H3,(H,20,23)(H,21,24)/t16-,17-/m1/s1. The maximum atomic E-state index is 12.6. The van der Waals surface area contributed by atoms with Crippen molar-refractivity contribution in [2.45, 2.75) is 32.9 Å². The molecule has 0 bridgehead atoms. The number of methoxy groups -OCH3 is 1. The first kappa shape index (κ1) is 21.8. The molecule has 0 unspecified atom stereocenters. The molecule has 26 heavy (non-hydrogen) atoms. The molecule has 0 aromatic heterocycles. The second kappa shape index (κ2) is 10.7. The number of likely N-dealkylation sites (N-methyl/N-ethyl adjacent to an activating group) is 1. The van der Waals surface area contributed by atoms with E-state index in [1.165, 1.54) is 0 Å². The summed E-state index contributed by atoms with van der Waals surface area (Å²) in [4.78, 5) is 26.3. The van der Waals surface area contributed by atoms with Crippen LogP contribution in [0, 0.1) is 5.92 Å². The number of rotatable bonds is 9. The lowest BCUT2D eigenvalue weighted by atomic mass is 10.0. The second-order valence-electron chi connectivity index (χ2n) is 6.59. The number of amides is 2. The van der Waals surface area contributed by atoms with E-state index in [0.717, 1.165) is 11.3 Å². The summed E-state index contributed by atoms with van der Waals surface area (Å²) in [6, 6.07) is 7.08. The SMILES string of the molecule is CCOC(=O)N[C@@H](C(=O)NC[C@H](c1cccc(OC)c1)N(C)C)C(C)C. The first-order chi connectivity index (χ1) is 12.3. The lowest BCUT2D eigenvalue weighted by Gasteiger charge is -2.27. The monoisotopic (exact) mass is 365 g/mol. The van der Waals surface area contributed by atoms with Crippen molar-refractivity contribution in [3.63, 3.8) is 0 Å². The molecule has 0 aliphatic rings. The molecule has 2 N–H and O–H groups in total. The van der Waals surface area contributed by atoms with E-state index in [-0.39, 0.29) is 24.5 Å². The van der Waals surface area contributed by atoms with Crippen LogP contribution in [0.2, 0.25) is 0 Å². The van der Waals surface area contributed by atoms with Crippen LogP contribution >= 0.6 is 0 Å². The summed E-state index contributed by atoms with van der Waals surface area (Å²) >= 11 is 0. The van der Waals surface area contributed by atoms with Crippen molar-refractivity contribution in [3.05, 3.63) is 29.8 Å². The van der Waals surface area contributed by atoms with E-state index in [9.17, 15) is 9.59 Å². The maximum Gasteiger partial charge on any atom is 0.407 e. The third-order valence-electron chi connectivity index (χ3n) is 4.07. The van der Waals surface area contributed by atoms with E-state index in [2.05, 4.69) is 10.6 Å². The molecule has 1 aromatic carbocycles. The zero-order valence-corrected chi connectivity index (χ0v) is 16.5. The van der Waals surface area contributed by atoms with E-state index in [0.29, 0.717) is 6.54 Å². The van der Waals surface area contributed by atoms with Gasteiger partial charge in [0.25, 0.3) is 0 Å². The predicted molar refractivity (Wildman–Crippen MR) is 101 cm³/mol. The van der Waals surface area contributed by atoms with E-state index in [1.807, 2.05) is 57.1 Å². The molecule has 0 spiro atoms. The number of nitrogens with one attached hydrogen (secondary N) is 2. The minimum absolute atomic E-state index is 0.0237. The summed E-state index contributed by atoms with van der Waals surface area (Å²) in [6.45, 7) is 6.15. The molecule has 0 aliphatic heterocycles. The second-order valence-corrected chi connectivity index (χ2v) is 6.59. The van der Waals surface area contributed by atoms with Crippen molar-refractivity contribution in [2.75, 3.05) is 34.4 Å². The van der Waals surface area contributed by atoms with E-state index >= 15 is 0 Å². The van der Waals surface area contributed by atoms with Gasteiger partial charge in [-0.25, -0.2) is 4.79 Å². The molecule has 1 aromatic rings. The number of carbonyl (C=O) groups is 2. The lowest BCUT2D eigenvalue weighted by Crippen LogP contribution is -2.51. The van der Waals surface area contributed by atoms with Gasteiger partial charge in [0.1, 0.15) is 11.8 Å². The van der Waals surface area contributed by atoms with Gasteiger partial charge in [-0.3, -0.25) is 4.79 Å². The van der Waals surface area contributed by atoms with Crippen LogP contribution in [0.1, 0.15) is 32.4 Å². The van der Waals surface area contributed by atoms with Crippen molar-refractivity contribution in [2.24, 2.45) is 5.92 Å². The highest BCUT2D eigenvalue weighted by Crippen LogP contribution is 2.22. The van der Waals surface area contributed by atoms with Crippen molar-refractivity contribution in [1.82, 2.24) is 15.5 Å². The molecular formula is C19H31N3O4. The fraction of sp³-hybridized carbons (Fsp3) is 0.579. The number of hydrogen-bond acceptors (Lipinski definition) is 5. The summed E-state index contributed by atoms with van der Waals surface area (Å²) < 4.78 is 10.2. The molecule has 146 valence electrons. The largest absolute Gasteiger partial charge is 0.497 e. The van der Waals surface area contributed by atoms with Crippen molar-refractivity contribution in [1.29, 1.82) is 0 Å². The summed E-state index contributed by atoms with van der Waals surface area (Å²) in [5.41, 5.74) is 1.04. The van der Waals surface area contributed by atoms with E-state index in [1.54, 1.807) is 14.0 Å². The Balaban J connectivity index is 2.79. The van der Waals surface area contributed by atoms with Gasteiger partial charge in [0.15, 0.2) is 0 Å². The highest BCUT2D eigenvalue weighted by Gasteiger charge is 2.26. The molecule has 0 heterocycles. The van der Waals surface area contributed by atoms with Gasteiger partial charge in [0.05, 0.1) is 19.8 Å². The van der Waals surface area contributed by atoms with E-state index < -0.39 is 12.1 Å². The Morgan fingerprint density at radius 2 is 1.92 bits per heavy atom. The molecule has 7 heteroatoms. The Labute approximate surface area is 156 Å². The molecule has 0 saturated heterocycles. The van der Waals surface area contributed by atoms with Crippen LogP contribution in [0.5, 0.6) is 5.75 Å². The van der Waals surface area contributed by atoms with Gasteiger partial charge in [-0.2, -0.15) is 0 Å². The van der Waals surface area contributed by atoms with Gasteiger partial charge >= 0.3 is 6.09 Å². The Morgan fingerprint density at radius 1 is 1.23 bits per heavy atom. The van der Waals surface area contributed by atoms with Gasteiger partial charge in [0, 0.05) is 6.54 Å². The molecule has 0 saturated carbocycles. The summed E-state index contributed by atoms with van der Waals surface area (Å²) in [7, 11) is 5.53. The maximum absolute atomic E-state index is 12.6. The minimum Gasteiger partial charge on any atom is -0.497 e. The summed E-state index contributed by atoms with van der Waals surface area (Å²) in [6.07, 6.45) is -0.585. The van der Waals surface area contributed by atoms with Crippen LogP contribution in [0.15, 0.2) is 24.3 Å². The van der Waals surface area contributed by atoms with Crippen molar-refractivity contribution < 1.29 is 19.1 Å². The molecular weight excluding hydrogens is 334 g/mol. The van der Waals surface area contributed by atoms with Gasteiger partial charge in [-0.05, 0) is 44.6 Å². The number of benzene rings is 1. The quantitative estimate of drug-likeness (QED) is 0.701. The molecule has 0 aliphatic carbocycles. The van der Waals surface area contributed by atoms with Crippen LogP contribution in [0.3, 0.4) is 0 Å². The van der Waals surface area contributed by atoms with Gasteiger partial charge in [0.2, 0.25) is 5.91 Å². The topological polar surface area (TPSA) is 79.9 Å². The predicted octanol–water partition coefficient (Wildman–Crippen LogP) is 2.18. The van der Waals surface area contributed by atoms with Gasteiger partial charge in [-0.15, -0.1) is 0 Å². The Bertz CT molecular complexity index is 590. The molecule has 2 atom stereocenters. The van der Waals surface area contributed by atoms with Crippen molar-refractivity contribution >= 4 is 12.0 Å². The van der Waals surface area contributed by atoms with Crippen LogP contribution in [0.4, 0.5) is 4.79 Å². The molecule has 7 nitrogen and oxygen atoms in total. The smallest absolute Gasteiger partial charge is 0.407 e. The van der Waals surface area contributed by atoms with E-state index in [4.69, 9.17) is 9.47 Å². The number of nitrogens with zero attached hydrogens (tertiary/aromatic N) is 1. The van der Waals surface area contributed by atoms with Crippen LogP contribution in [0.25, 0.3) is 0 Å². The number of ether oxygens (including phenoxy) is 2. The normalized spacial score (nSPS) is 13.2. The average Bonchev–Trinajstić information content (AvgIpc) is 2.59. The number of carbonyl (C=O) groups excluding carboxylic acids is 2. The molecule has 1 rings (SSSR count). The highest BCUT2D eigenvalue weighted by atomic mass is 16.5. The van der Waals surface area contributed by atoms with Crippen LogP contribution in [-0.2, 0) is 9.53 Å². The average molecular weight is 365 g/mol. The number of hydrogen-bond donors (Lipinski definition) is 2. The highest BCUT2D eigenvalue weighted by molar-refractivity contribution is 5.85. The third kappa shape index (κ3) is 6.55. The van der Waals surface area contributed by atoms with Crippen LogP contribution < -0.4 is 15.4 Å². The zero-order valence-electron chi connectivity index (χ0n) is 16.5. The van der Waals surface area contributed by atoms with Crippen LogP contribution in [-0.4, -0.2) is 57.3 Å². The Hall–Kier alpha value is -2.28. The lowest BCUT2D eigenvalue weighted by molar-refractivity contribution is -0.124. The van der Waals surface area contributed by atoms with Gasteiger partial charge in [-0.1, -0.05) is 26.0 Å². The molecule has 0 fully saturated rings. The van der Waals surface area contributed by atoms with Gasteiger partial charge < -0.3 is 25.0 Å². The fourth-order valence-electron chi connectivity index (χ4n) is 2.59. The Kier molecular flexibility index (Phi) is 8.92. The molecule has 2 amide bonds. The first-order valence-corrected chi connectivity index (χ1v) is 8.81. The molecule has 0 radical (unpaired) electrons. The third-order valence-corrected chi connectivity index (χ3v) is 4.07. The minimum atomic E-state index is -0.651. The Morgan fingerprint density at radius 3 is 2.46 bits per heavy atom. The summed E-state index contributed by atoms with van der Waals surface area (Å²) in [5, 5.41) is 5.56. The zero-order chi connectivity index (χ0) is 19.7. The van der Waals surface area contributed by atoms with Crippen molar-refractivity contribution in [3.8, 4) is 5.75 Å². The first-order valence-electron chi connectivity index (χ1n) is 8.81. The fourth-order valence-corrected chi connectivity index (χ4v) is 2.59.